The van der Waals surface area contributed by atoms with E-state index < -0.39 is 0 Å². The van der Waals surface area contributed by atoms with Crippen molar-refractivity contribution in [3.05, 3.63) is 33.8 Å². The Bertz CT molecular complexity index is 344. The number of rotatable bonds is 5. The summed E-state index contributed by atoms with van der Waals surface area (Å²) in [6.45, 7) is 3.67. The number of benzene rings is 1. The van der Waals surface area contributed by atoms with Gasteiger partial charge in [0.1, 0.15) is 0 Å². The highest BCUT2D eigenvalue weighted by Gasteiger charge is 2.14. The van der Waals surface area contributed by atoms with Crippen LogP contribution in [-0.4, -0.2) is 19.8 Å². The van der Waals surface area contributed by atoms with Crippen LogP contribution in [0, 0.1) is 5.92 Å². The van der Waals surface area contributed by atoms with Gasteiger partial charge in [0, 0.05) is 29.8 Å². The summed E-state index contributed by atoms with van der Waals surface area (Å²) in [5, 5.41) is 4.80. The van der Waals surface area contributed by atoms with Crippen molar-refractivity contribution in [1.29, 1.82) is 0 Å². The molecule has 1 atom stereocenters. The predicted molar refractivity (Wildman–Crippen MR) is 71.7 cm³/mol. The molecule has 1 aromatic carbocycles. The summed E-state index contributed by atoms with van der Waals surface area (Å²) >= 11 is 11.9. The highest BCUT2D eigenvalue weighted by Crippen LogP contribution is 2.19. The maximum absolute atomic E-state index is 5.94. The van der Waals surface area contributed by atoms with Crippen molar-refractivity contribution >= 4 is 23.2 Å². The molecule has 17 heavy (non-hydrogen) atoms. The molecule has 4 heteroatoms. The minimum absolute atomic E-state index is 0.693. The molecule has 1 heterocycles. The van der Waals surface area contributed by atoms with Gasteiger partial charge in [-0.1, -0.05) is 23.2 Å². The zero-order valence-electron chi connectivity index (χ0n) is 9.72. The van der Waals surface area contributed by atoms with E-state index in [1.807, 2.05) is 12.1 Å². The Morgan fingerprint density at radius 2 is 2.00 bits per heavy atom. The van der Waals surface area contributed by atoms with Crippen LogP contribution in [-0.2, 0) is 11.3 Å². The fourth-order valence-electron chi connectivity index (χ4n) is 2.06. The normalized spacial score (nSPS) is 19.8. The summed E-state index contributed by atoms with van der Waals surface area (Å²) in [7, 11) is 0. The lowest BCUT2D eigenvalue weighted by atomic mass is 10.1. The van der Waals surface area contributed by atoms with Gasteiger partial charge in [0.05, 0.1) is 0 Å². The topological polar surface area (TPSA) is 21.3 Å². The van der Waals surface area contributed by atoms with Gasteiger partial charge < -0.3 is 10.1 Å². The third-order valence-electron chi connectivity index (χ3n) is 3.00. The Hall–Kier alpha value is -0.280. The van der Waals surface area contributed by atoms with E-state index in [0.717, 1.165) is 37.8 Å². The van der Waals surface area contributed by atoms with Gasteiger partial charge in [-0.25, -0.2) is 0 Å². The molecule has 0 saturated carbocycles. The SMILES string of the molecule is Clc1cc(Cl)cc(CNCCC2CCOC2)c1. The Labute approximate surface area is 112 Å². The third kappa shape index (κ3) is 4.47. The van der Waals surface area contributed by atoms with Crippen LogP contribution in [0.2, 0.25) is 10.0 Å². The second-order valence-electron chi connectivity index (χ2n) is 4.47. The Morgan fingerprint density at radius 3 is 2.65 bits per heavy atom. The van der Waals surface area contributed by atoms with E-state index >= 15 is 0 Å². The second-order valence-corrected chi connectivity index (χ2v) is 5.35. The van der Waals surface area contributed by atoms with Gasteiger partial charge in [0.2, 0.25) is 0 Å². The van der Waals surface area contributed by atoms with E-state index in [2.05, 4.69) is 5.32 Å². The fraction of sp³-hybridized carbons (Fsp3) is 0.538. The number of halogens is 2. The van der Waals surface area contributed by atoms with Gasteiger partial charge in [0.25, 0.3) is 0 Å². The lowest BCUT2D eigenvalue weighted by Crippen LogP contribution is -2.18. The van der Waals surface area contributed by atoms with Crippen LogP contribution in [0.5, 0.6) is 0 Å². The van der Waals surface area contributed by atoms with E-state index in [1.54, 1.807) is 6.07 Å². The summed E-state index contributed by atoms with van der Waals surface area (Å²) in [4.78, 5) is 0. The first-order valence-corrected chi connectivity index (χ1v) is 6.73. The highest BCUT2D eigenvalue weighted by atomic mass is 35.5. The molecule has 0 aliphatic carbocycles. The molecule has 1 aliphatic heterocycles. The minimum atomic E-state index is 0.693. The molecular formula is C13H17Cl2NO. The van der Waals surface area contributed by atoms with Crippen LogP contribution in [0.1, 0.15) is 18.4 Å². The molecule has 0 aromatic heterocycles. The quantitative estimate of drug-likeness (QED) is 0.830. The monoisotopic (exact) mass is 273 g/mol. The van der Waals surface area contributed by atoms with E-state index in [0.29, 0.717) is 10.0 Å². The molecule has 0 bridgehead atoms. The minimum Gasteiger partial charge on any atom is -0.381 e. The van der Waals surface area contributed by atoms with Crippen LogP contribution in [0.4, 0.5) is 0 Å². The average Bonchev–Trinajstić information content (AvgIpc) is 2.76. The largest absolute Gasteiger partial charge is 0.381 e. The summed E-state index contributed by atoms with van der Waals surface area (Å²) in [6.07, 6.45) is 2.37. The number of hydrogen-bond donors (Lipinski definition) is 1. The molecular weight excluding hydrogens is 257 g/mol. The smallest absolute Gasteiger partial charge is 0.0495 e. The molecule has 0 spiro atoms. The molecule has 0 radical (unpaired) electrons. The molecule has 2 nitrogen and oxygen atoms in total. The zero-order chi connectivity index (χ0) is 12.1. The van der Waals surface area contributed by atoms with Crippen LogP contribution < -0.4 is 5.32 Å². The molecule has 1 unspecified atom stereocenters. The van der Waals surface area contributed by atoms with E-state index in [1.165, 1.54) is 12.8 Å². The molecule has 2 rings (SSSR count). The van der Waals surface area contributed by atoms with Crippen molar-refractivity contribution in [3.8, 4) is 0 Å². The van der Waals surface area contributed by atoms with Gasteiger partial charge >= 0.3 is 0 Å². The standard InChI is InChI=1S/C13H17Cl2NO/c14-12-5-11(6-13(15)7-12)8-16-3-1-10-2-4-17-9-10/h5-7,10,16H,1-4,8-9H2. The molecule has 1 fully saturated rings. The summed E-state index contributed by atoms with van der Waals surface area (Å²) in [5.41, 5.74) is 1.13. The second kappa shape index (κ2) is 6.60. The van der Waals surface area contributed by atoms with Crippen molar-refractivity contribution in [3.63, 3.8) is 0 Å². The first-order valence-electron chi connectivity index (χ1n) is 5.97. The van der Waals surface area contributed by atoms with Gasteiger partial charge in [0.15, 0.2) is 0 Å². The van der Waals surface area contributed by atoms with E-state index in [4.69, 9.17) is 27.9 Å². The van der Waals surface area contributed by atoms with Crippen LogP contribution in [0.15, 0.2) is 18.2 Å². The van der Waals surface area contributed by atoms with E-state index in [-0.39, 0.29) is 0 Å². The maximum atomic E-state index is 5.94. The van der Waals surface area contributed by atoms with Gasteiger partial charge in [-0.2, -0.15) is 0 Å². The Kier molecular flexibility index (Phi) is 5.11. The Balaban J connectivity index is 1.70. The third-order valence-corrected chi connectivity index (χ3v) is 3.44. The number of hydrogen-bond acceptors (Lipinski definition) is 2. The zero-order valence-corrected chi connectivity index (χ0v) is 11.2. The predicted octanol–water partition coefficient (Wildman–Crippen LogP) is 3.51. The van der Waals surface area contributed by atoms with Gasteiger partial charge in [-0.3, -0.25) is 0 Å². The highest BCUT2D eigenvalue weighted by molar-refractivity contribution is 6.34. The maximum Gasteiger partial charge on any atom is 0.0495 e. The summed E-state index contributed by atoms with van der Waals surface area (Å²) in [6, 6.07) is 5.64. The van der Waals surface area contributed by atoms with Crippen molar-refractivity contribution < 1.29 is 4.74 Å². The van der Waals surface area contributed by atoms with E-state index in [9.17, 15) is 0 Å². The van der Waals surface area contributed by atoms with Crippen molar-refractivity contribution in [2.75, 3.05) is 19.8 Å². The number of nitrogens with one attached hydrogen (secondary N) is 1. The first kappa shape index (κ1) is 13.2. The molecule has 94 valence electrons. The molecule has 0 amide bonds. The van der Waals surface area contributed by atoms with Gasteiger partial charge in [-0.05, 0) is 49.1 Å². The van der Waals surface area contributed by atoms with Gasteiger partial charge in [-0.15, -0.1) is 0 Å². The van der Waals surface area contributed by atoms with Crippen molar-refractivity contribution in [2.24, 2.45) is 5.92 Å². The molecule has 1 aliphatic rings. The number of ether oxygens (including phenoxy) is 1. The van der Waals surface area contributed by atoms with Crippen LogP contribution >= 0.6 is 23.2 Å². The van der Waals surface area contributed by atoms with Crippen molar-refractivity contribution in [1.82, 2.24) is 5.32 Å². The van der Waals surface area contributed by atoms with Crippen LogP contribution in [0.3, 0.4) is 0 Å². The average molecular weight is 274 g/mol. The summed E-state index contributed by atoms with van der Waals surface area (Å²) in [5.74, 6) is 0.727. The lowest BCUT2D eigenvalue weighted by Gasteiger charge is -2.09. The summed E-state index contributed by atoms with van der Waals surface area (Å²) < 4.78 is 5.34. The van der Waals surface area contributed by atoms with Crippen LogP contribution in [0.25, 0.3) is 0 Å². The Morgan fingerprint density at radius 1 is 1.24 bits per heavy atom. The first-order chi connectivity index (χ1) is 8.24. The molecule has 1 aromatic rings. The molecule has 1 saturated heterocycles. The molecule has 1 N–H and O–H groups in total. The van der Waals surface area contributed by atoms with Crippen molar-refractivity contribution in [2.45, 2.75) is 19.4 Å². The lowest BCUT2D eigenvalue weighted by molar-refractivity contribution is 0.184. The fourth-order valence-corrected chi connectivity index (χ4v) is 2.63.